The SMILES string of the molecule is COC(=O)c1ccc(OC(C)C(=O)N2CCCC2)cc1. The minimum absolute atomic E-state index is 0.0135. The van der Waals surface area contributed by atoms with Gasteiger partial charge in [0.25, 0.3) is 5.91 Å². The topological polar surface area (TPSA) is 55.8 Å². The van der Waals surface area contributed by atoms with Gasteiger partial charge >= 0.3 is 5.97 Å². The van der Waals surface area contributed by atoms with Crippen molar-refractivity contribution in [3.05, 3.63) is 29.8 Å². The lowest BCUT2D eigenvalue weighted by Crippen LogP contribution is -2.38. The molecule has 1 atom stereocenters. The van der Waals surface area contributed by atoms with Crippen molar-refractivity contribution in [2.24, 2.45) is 0 Å². The van der Waals surface area contributed by atoms with Crippen molar-refractivity contribution in [2.75, 3.05) is 20.2 Å². The van der Waals surface area contributed by atoms with E-state index < -0.39 is 12.1 Å². The van der Waals surface area contributed by atoms with Crippen LogP contribution < -0.4 is 4.74 Å². The third-order valence-electron chi connectivity index (χ3n) is 3.35. The summed E-state index contributed by atoms with van der Waals surface area (Å²) in [5.41, 5.74) is 0.457. The molecule has 1 aliphatic rings. The van der Waals surface area contributed by atoms with E-state index in [0.717, 1.165) is 25.9 Å². The molecule has 1 fully saturated rings. The van der Waals surface area contributed by atoms with Gasteiger partial charge in [-0.3, -0.25) is 4.79 Å². The number of rotatable bonds is 4. The number of likely N-dealkylation sites (tertiary alicyclic amines) is 1. The number of nitrogens with zero attached hydrogens (tertiary/aromatic N) is 1. The molecule has 1 saturated heterocycles. The van der Waals surface area contributed by atoms with E-state index in [2.05, 4.69) is 4.74 Å². The van der Waals surface area contributed by atoms with E-state index in [4.69, 9.17) is 4.74 Å². The van der Waals surface area contributed by atoms with E-state index in [1.807, 2.05) is 4.90 Å². The molecule has 0 bridgehead atoms. The van der Waals surface area contributed by atoms with Crippen molar-refractivity contribution < 1.29 is 19.1 Å². The summed E-state index contributed by atoms with van der Waals surface area (Å²) in [6.45, 7) is 3.37. The standard InChI is InChI=1S/C15H19NO4/c1-11(14(17)16-9-3-4-10-16)20-13-7-5-12(6-8-13)15(18)19-2/h5-8,11H,3-4,9-10H2,1-2H3. The number of methoxy groups -OCH3 is 1. The fraction of sp³-hybridized carbons (Fsp3) is 0.467. The molecular weight excluding hydrogens is 258 g/mol. The first-order valence-corrected chi connectivity index (χ1v) is 6.75. The van der Waals surface area contributed by atoms with Gasteiger partial charge < -0.3 is 14.4 Å². The molecule has 0 saturated carbocycles. The summed E-state index contributed by atoms with van der Waals surface area (Å²) >= 11 is 0. The zero-order valence-corrected chi connectivity index (χ0v) is 11.8. The van der Waals surface area contributed by atoms with E-state index in [1.54, 1.807) is 31.2 Å². The van der Waals surface area contributed by atoms with Crippen molar-refractivity contribution in [2.45, 2.75) is 25.9 Å². The molecule has 108 valence electrons. The van der Waals surface area contributed by atoms with E-state index in [-0.39, 0.29) is 5.91 Å². The number of hydrogen-bond acceptors (Lipinski definition) is 4. The Balaban J connectivity index is 1.95. The molecule has 5 nitrogen and oxygen atoms in total. The Morgan fingerprint density at radius 1 is 1.15 bits per heavy atom. The molecule has 1 aromatic rings. The van der Waals surface area contributed by atoms with Crippen LogP contribution in [0.1, 0.15) is 30.1 Å². The summed E-state index contributed by atoms with van der Waals surface area (Å²) in [5, 5.41) is 0. The summed E-state index contributed by atoms with van der Waals surface area (Å²) in [7, 11) is 1.34. The van der Waals surface area contributed by atoms with Crippen molar-refractivity contribution in [3.8, 4) is 5.75 Å². The monoisotopic (exact) mass is 277 g/mol. The summed E-state index contributed by atoms with van der Waals surface area (Å²) < 4.78 is 10.2. The fourth-order valence-corrected chi connectivity index (χ4v) is 2.24. The lowest BCUT2D eigenvalue weighted by atomic mass is 10.2. The maximum Gasteiger partial charge on any atom is 0.337 e. The van der Waals surface area contributed by atoms with Gasteiger partial charge in [-0.15, -0.1) is 0 Å². The van der Waals surface area contributed by atoms with Gasteiger partial charge in [0.1, 0.15) is 5.75 Å². The van der Waals surface area contributed by atoms with E-state index in [9.17, 15) is 9.59 Å². The first-order chi connectivity index (χ1) is 9.61. The Labute approximate surface area is 118 Å². The third kappa shape index (κ3) is 3.29. The quantitative estimate of drug-likeness (QED) is 0.788. The summed E-state index contributed by atoms with van der Waals surface area (Å²) in [6, 6.07) is 6.57. The minimum atomic E-state index is -0.517. The normalized spacial score (nSPS) is 15.8. The maximum atomic E-state index is 12.1. The van der Waals surface area contributed by atoms with Gasteiger partial charge in [-0.25, -0.2) is 4.79 Å². The Hall–Kier alpha value is -2.04. The van der Waals surface area contributed by atoms with Crippen LogP contribution in [0.15, 0.2) is 24.3 Å². The predicted molar refractivity (Wildman–Crippen MR) is 73.7 cm³/mol. The molecule has 5 heteroatoms. The van der Waals surface area contributed by atoms with Crippen LogP contribution in [0, 0.1) is 0 Å². The second kappa shape index (κ2) is 6.41. The van der Waals surface area contributed by atoms with Gasteiger partial charge in [-0.05, 0) is 44.0 Å². The number of ether oxygens (including phenoxy) is 2. The number of carbonyl (C=O) groups excluding carboxylic acids is 2. The first-order valence-electron chi connectivity index (χ1n) is 6.75. The van der Waals surface area contributed by atoms with E-state index in [1.165, 1.54) is 7.11 Å². The number of esters is 1. The molecule has 0 spiro atoms. The highest BCUT2D eigenvalue weighted by molar-refractivity contribution is 5.89. The molecule has 1 unspecified atom stereocenters. The highest BCUT2D eigenvalue weighted by Gasteiger charge is 2.24. The summed E-state index contributed by atoms with van der Waals surface area (Å²) in [4.78, 5) is 25.2. The smallest absolute Gasteiger partial charge is 0.337 e. The minimum Gasteiger partial charge on any atom is -0.481 e. The van der Waals surface area contributed by atoms with Crippen molar-refractivity contribution in [3.63, 3.8) is 0 Å². The van der Waals surface area contributed by atoms with Crippen LogP contribution in [0.4, 0.5) is 0 Å². The lowest BCUT2D eigenvalue weighted by molar-refractivity contribution is -0.136. The van der Waals surface area contributed by atoms with Crippen molar-refractivity contribution in [1.29, 1.82) is 0 Å². The molecule has 0 aromatic heterocycles. The second-order valence-corrected chi connectivity index (χ2v) is 4.81. The zero-order chi connectivity index (χ0) is 14.5. The molecule has 1 aliphatic heterocycles. The molecule has 0 aliphatic carbocycles. The van der Waals surface area contributed by atoms with Crippen LogP contribution in [0.2, 0.25) is 0 Å². The van der Waals surface area contributed by atoms with Gasteiger partial charge in [0.15, 0.2) is 6.10 Å². The lowest BCUT2D eigenvalue weighted by Gasteiger charge is -2.21. The molecule has 0 radical (unpaired) electrons. The van der Waals surface area contributed by atoms with Crippen LogP contribution in [0.5, 0.6) is 5.75 Å². The van der Waals surface area contributed by atoms with E-state index >= 15 is 0 Å². The van der Waals surface area contributed by atoms with Crippen LogP contribution >= 0.6 is 0 Å². The Bertz CT molecular complexity index is 477. The highest BCUT2D eigenvalue weighted by atomic mass is 16.5. The Morgan fingerprint density at radius 3 is 2.30 bits per heavy atom. The second-order valence-electron chi connectivity index (χ2n) is 4.81. The van der Waals surface area contributed by atoms with Crippen LogP contribution in [0.25, 0.3) is 0 Å². The van der Waals surface area contributed by atoms with Gasteiger partial charge in [0, 0.05) is 13.1 Å². The molecule has 0 N–H and O–H groups in total. The Kier molecular flexibility index (Phi) is 4.61. The average molecular weight is 277 g/mol. The number of benzene rings is 1. The number of hydrogen-bond donors (Lipinski definition) is 0. The van der Waals surface area contributed by atoms with E-state index in [0.29, 0.717) is 11.3 Å². The Morgan fingerprint density at radius 2 is 1.75 bits per heavy atom. The molecule has 1 amide bonds. The van der Waals surface area contributed by atoms with Crippen LogP contribution in [0.3, 0.4) is 0 Å². The fourth-order valence-electron chi connectivity index (χ4n) is 2.24. The molecule has 20 heavy (non-hydrogen) atoms. The summed E-state index contributed by atoms with van der Waals surface area (Å²) in [5.74, 6) is 0.190. The van der Waals surface area contributed by atoms with Gasteiger partial charge in [0.2, 0.25) is 0 Å². The average Bonchev–Trinajstić information content (AvgIpc) is 3.00. The summed E-state index contributed by atoms with van der Waals surface area (Å²) in [6.07, 6.45) is 1.61. The maximum absolute atomic E-state index is 12.1. The number of amides is 1. The zero-order valence-electron chi connectivity index (χ0n) is 11.8. The van der Waals surface area contributed by atoms with Crippen LogP contribution in [-0.2, 0) is 9.53 Å². The van der Waals surface area contributed by atoms with Crippen molar-refractivity contribution in [1.82, 2.24) is 4.90 Å². The molecule has 1 heterocycles. The third-order valence-corrected chi connectivity index (χ3v) is 3.35. The predicted octanol–water partition coefficient (Wildman–Crippen LogP) is 1.86. The number of carbonyl (C=O) groups is 2. The van der Waals surface area contributed by atoms with Gasteiger partial charge in [-0.2, -0.15) is 0 Å². The van der Waals surface area contributed by atoms with Crippen molar-refractivity contribution >= 4 is 11.9 Å². The van der Waals surface area contributed by atoms with Gasteiger partial charge in [0.05, 0.1) is 12.7 Å². The highest BCUT2D eigenvalue weighted by Crippen LogP contribution is 2.16. The first kappa shape index (κ1) is 14.4. The molecule has 1 aromatic carbocycles. The molecule has 2 rings (SSSR count). The molecular formula is C15H19NO4. The van der Waals surface area contributed by atoms with Gasteiger partial charge in [-0.1, -0.05) is 0 Å². The van der Waals surface area contributed by atoms with Crippen LogP contribution in [-0.4, -0.2) is 43.1 Å². The largest absolute Gasteiger partial charge is 0.481 e.